The lowest BCUT2D eigenvalue weighted by atomic mass is 10.3. The zero-order valence-electron chi connectivity index (χ0n) is 9.30. The molecule has 2 N–H and O–H groups in total. The van der Waals surface area contributed by atoms with E-state index >= 15 is 0 Å². The van der Waals surface area contributed by atoms with Crippen LogP contribution in [0.5, 0.6) is 0 Å². The number of furan rings is 1. The Labute approximate surface area is 98.1 Å². The van der Waals surface area contributed by atoms with E-state index in [1.54, 1.807) is 18.5 Å². The molecule has 0 unspecified atom stereocenters. The first kappa shape index (κ1) is 11.2. The van der Waals surface area contributed by atoms with Crippen LogP contribution in [0.15, 0.2) is 35.0 Å². The van der Waals surface area contributed by atoms with Gasteiger partial charge in [0.25, 0.3) is 0 Å². The number of hydrogen-bond donors (Lipinski definition) is 2. The number of aromatic nitrogens is 1. The van der Waals surface area contributed by atoms with Crippen LogP contribution in [0.25, 0.3) is 0 Å². The van der Waals surface area contributed by atoms with Crippen molar-refractivity contribution in [3.05, 3.63) is 47.7 Å². The zero-order chi connectivity index (χ0) is 12.3. The Morgan fingerprint density at radius 2 is 2.29 bits per heavy atom. The third kappa shape index (κ3) is 2.84. The number of pyridine rings is 1. The Morgan fingerprint density at radius 1 is 1.47 bits per heavy atom. The molecule has 5 nitrogen and oxygen atoms in total. The highest BCUT2D eigenvalue weighted by Crippen LogP contribution is 2.12. The van der Waals surface area contributed by atoms with Gasteiger partial charge >= 0.3 is 5.97 Å². The Bertz CT molecular complexity index is 534. The van der Waals surface area contributed by atoms with E-state index in [1.165, 1.54) is 6.07 Å². The normalized spacial score (nSPS) is 10.2. The highest BCUT2D eigenvalue weighted by Gasteiger charge is 2.08. The molecule has 5 heteroatoms. The maximum absolute atomic E-state index is 10.6. The van der Waals surface area contributed by atoms with Gasteiger partial charge in [-0.15, -0.1) is 0 Å². The molecule has 88 valence electrons. The molecule has 2 aromatic rings. The molecule has 0 aliphatic rings. The number of anilines is 1. The molecule has 0 spiro atoms. The number of carboxylic acids is 1. The van der Waals surface area contributed by atoms with Crippen LogP contribution in [-0.4, -0.2) is 16.1 Å². The minimum Gasteiger partial charge on any atom is -0.475 e. The van der Waals surface area contributed by atoms with E-state index in [2.05, 4.69) is 10.3 Å². The van der Waals surface area contributed by atoms with Crippen molar-refractivity contribution in [2.24, 2.45) is 0 Å². The summed E-state index contributed by atoms with van der Waals surface area (Å²) in [4.78, 5) is 14.7. The highest BCUT2D eigenvalue weighted by molar-refractivity contribution is 5.84. The Morgan fingerprint density at radius 3 is 2.94 bits per heavy atom. The molecule has 0 amide bonds. The summed E-state index contributed by atoms with van der Waals surface area (Å²) in [5.74, 6) is -0.540. The van der Waals surface area contributed by atoms with Crippen molar-refractivity contribution in [1.29, 1.82) is 0 Å². The molecular formula is C12H12N2O3. The first-order chi connectivity index (χ1) is 8.15. The van der Waals surface area contributed by atoms with Gasteiger partial charge < -0.3 is 14.8 Å². The second-order valence-electron chi connectivity index (χ2n) is 3.68. The lowest BCUT2D eigenvalue weighted by Crippen LogP contribution is -1.99. The molecule has 0 saturated carbocycles. The van der Waals surface area contributed by atoms with Crippen molar-refractivity contribution in [2.75, 3.05) is 5.32 Å². The summed E-state index contributed by atoms with van der Waals surface area (Å²) in [5, 5.41) is 11.8. The summed E-state index contributed by atoms with van der Waals surface area (Å²) in [6, 6.07) is 5.03. The lowest BCUT2D eigenvalue weighted by Gasteiger charge is -2.04. The fraction of sp³-hybridized carbons (Fsp3) is 0.167. The zero-order valence-corrected chi connectivity index (χ0v) is 9.30. The number of carbonyl (C=O) groups is 1. The molecular weight excluding hydrogens is 220 g/mol. The van der Waals surface area contributed by atoms with Gasteiger partial charge in [0, 0.05) is 12.4 Å². The molecule has 17 heavy (non-hydrogen) atoms. The van der Waals surface area contributed by atoms with E-state index in [9.17, 15) is 4.79 Å². The molecule has 0 bridgehead atoms. The van der Waals surface area contributed by atoms with Crippen LogP contribution >= 0.6 is 0 Å². The highest BCUT2D eigenvalue weighted by atomic mass is 16.4. The molecule has 2 rings (SSSR count). The van der Waals surface area contributed by atoms with Crippen LogP contribution in [0.3, 0.4) is 0 Å². The van der Waals surface area contributed by atoms with Crippen LogP contribution in [0.4, 0.5) is 5.69 Å². The number of hydrogen-bond acceptors (Lipinski definition) is 4. The minimum atomic E-state index is -1.06. The number of aryl methyl sites for hydroxylation is 1. The Balaban J connectivity index is 2.00. The monoisotopic (exact) mass is 232 g/mol. The van der Waals surface area contributed by atoms with Crippen molar-refractivity contribution in [3.8, 4) is 0 Å². The summed E-state index contributed by atoms with van der Waals surface area (Å²) in [6.07, 6.45) is 3.47. The number of rotatable bonds is 4. The third-order valence-electron chi connectivity index (χ3n) is 2.21. The third-order valence-corrected chi connectivity index (χ3v) is 2.21. The molecule has 0 atom stereocenters. The van der Waals surface area contributed by atoms with E-state index in [-0.39, 0.29) is 5.76 Å². The molecule has 2 aromatic heterocycles. The van der Waals surface area contributed by atoms with Crippen LogP contribution < -0.4 is 5.32 Å². The van der Waals surface area contributed by atoms with E-state index in [4.69, 9.17) is 9.52 Å². The standard InChI is InChI=1S/C12H12N2O3/c1-8-4-9(6-13-5-8)14-7-10-2-3-11(17-10)12(15)16/h2-6,14H,7H2,1H3,(H,15,16). The van der Waals surface area contributed by atoms with Crippen molar-refractivity contribution in [2.45, 2.75) is 13.5 Å². The maximum Gasteiger partial charge on any atom is 0.371 e. The van der Waals surface area contributed by atoms with Crippen LogP contribution in [-0.2, 0) is 6.54 Å². The molecule has 0 aliphatic carbocycles. The van der Waals surface area contributed by atoms with Gasteiger partial charge in [0.1, 0.15) is 5.76 Å². The van der Waals surface area contributed by atoms with E-state index in [1.807, 2.05) is 13.0 Å². The average molecular weight is 232 g/mol. The topological polar surface area (TPSA) is 75.4 Å². The van der Waals surface area contributed by atoms with Crippen molar-refractivity contribution in [3.63, 3.8) is 0 Å². The second kappa shape index (κ2) is 4.69. The van der Waals surface area contributed by atoms with Crippen molar-refractivity contribution >= 4 is 11.7 Å². The fourth-order valence-corrected chi connectivity index (χ4v) is 1.43. The number of nitrogens with one attached hydrogen (secondary N) is 1. The summed E-state index contributed by atoms with van der Waals surface area (Å²) in [5.41, 5.74) is 1.93. The van der Waals surface area contributed by atoms with Gasteiger partial charge in [-0.25, -0.2) is 4.79 Å². The predicted octanol–water partition coefficient (Wildman–Crippen LogP) is 2.29. The van der Waals surface area contributed by atoms with E-state index < -0.39 is 5.97 Å². The first-order valence-corrected chi connectivity index (χ1v) is 5.12. The summed E-state index contributed by atoms with van der Waals surface area (Å²) < 4.78 is 5.11. The number of aromatic carboxylic acids is 1. The fourth-order valence-electron chi connectivity index (χ4n) is 1.43. The van der Waals surface area contributed by atoms with Gasteiger partial charge in [0.2, 0.25) is 5.76 Å². The second-order valence-corrected chi connectivity index (χ2v) is 3.68. The predicted molar refractivity (Wildman–Crippen MR) is 62.0 cm³/mol. The summed E-state index contributed by atoms with van der Waals surface area (Å²) in [6.45, 7) is 2.38. The van der Waals surface area contributed by atoms with Gasteiger partial charge in [0.15, 0.2) is 0 Å². The van der Waals surface area contributed by atoms with Crippen molar-refractivity contribution < 1.29 is 14.3 Å². The van der Waals surface area contributed by atoms with Gasteiger partial charge in [-0.05, 0) is 30.7 Å². The molecule has 2 heterocycles. The van der Waals surface area contributed by atoms with Gasteiger partial charge in [-0.3, -0.25) is 4.98 Å². The molecule has 0 aliphatic heterocycles. The smallest absolute Gasteiger partial charge is 0.371 e. The minimum absolute atomic E-state index is 0.0517. The van der Waals surface area contributed by atoms with E-state index in [0.29, 0.717) is 12.3 Å². The number of nitrogens with zero attached hydrogens (tertiary/aromatic N) is 1. The number of carboxylic acid groups (broad SMARTS) is 1. The maximum atomic E-state index is 10.6. The van der Waals surface area contributed by atoms with Gasteiger partial charge in [0.05, 0.1) is 12.2 Å². The van der Waals surface area contributed by atoms with Crippen LogP contribution in [0.1, 0.15) is 21.9 Å². The molecule has 0 radical (unpaired) electrons. The van der Waals surface area contributed by atoms with Gasteiger partial charge in [-0.1, -0.05) is 0 Å². The lowest BCUT2D eigenvalue weighted by molar-refractivity contribution is 0.0660. The molecule has 0 saturated heterocycles. The molecule has 0 aromatic carbocycles. The van der Waals surface area contributed by atoms with Crippen LogP contribution in [0, 0.1) is 6.92 Å². The van der Waals surface area contributed by atoms with Crippen molar-refractivity contribution in [1.82, 2.24) is 4.98 Å². The van der Waals surface area contributed by atoms with E-state index in [0.717, 1.165) is 11.3 Å². The SMILES string of the molecule is Cc1cncc(NCc2ccc(C(=O)O)o2)c1. The first-order valence-electron chi connectivity index (χ1n) is 5.12. The Kier molecular flexibility index (Phi) is 3.09. The quantitative estimate of drug-likeness (QED) is 0.845. The summed E-state index contributed by atoms with van der Waals surface area (Å²) in [7, 11) is 0. The largest absolute Gasteiger partial charge is 0.475 e. The molecule has 0 fully saturated rings. The Hall–Kier alpha value is -2.30. The summed E-state index contributed by atoms with van der Waals surface area (Å²) >= 11 is 0. The average Bonchev–Trinajstić information content (AvgIpc) is 2.75. The van der Waals surface area contributed by atoms with Gasteiger partial charge in [-0.2, -0.15) is 0 Å². The van der Waals surface area contributed by atoms with Crippen LogP contribution in [0.2, 0.25) is 0 Å².